The van der Waals surface area contributed by atoms with Crippen molar-refractivity contribution < 1.29 is 4.79 Å². The lowest BCUT2D eigenvalue weighted by Crippen LogP contribution is -2.06. The van der Waals surface area contributed by atoms with E-state index in [9.17, 15) is 4.79 Å². The van der Waals surface area contributed by atoms with Crippen molar-refractivity contribution in [2.45, 2.75) is 20.8 Å². The molecule has 0 spiro atoms. The Labute approximate surface area is 123 Å². The lowest BCUT2D eigenvalue weighted by molar-refractivity contribution is -0.114. The summed E-state index contributed by atoms with van der Waals surface area (Å²) in [6.45, 7) is 5.67. The fourth-order valence-corrected chi connectivity index (χ4v) is 2.60. The zero-order valence-electron chi connectivity index (χ0n) is 12.3. The van der Waals surface area contributed by atoms with Crippen LogP contribution < -0.4 is 5.32 Å². The molecule has 0 bridgehead atoms. The quantitative estimate of drug-likeness (QED) is 0.749. The summed E-state index contributed by atoms with van der Waals surface area (Å²) in [6, 6.07) is 12.6. The van der Waals surface area contributed by atoms with Crippen molar-refractivity contribution in [1.29, 1.82) is 0 Å². The number of rotatable bonds is 2. The van der Waals surface area contributed by atoms with Gasteiger partial charge < -0.3 is 5.32 Å². The van der Waals surface area contributed by atoms with Crippen LogP contribution in [0.3, 0.4) is 0 Å². The summed E-state index contributed by atoms with van der Waals surface area (Å²) in [5.41, 5.74) is 5.72. The molecule has 3 aromatic rings. The van der Waals surface area contributed by atoms with E-state index in [2.05, 4.69) is 59.7 Å². The molecule has 0 radical (unpaired) electrons. The van der Waals surface area contributed by atoms with Gasteiger partial charge in [0.1, 0.15) is 0 Å². The molecule has 1 aromatic heterocycles. The second-order valence-electron chi connectivity index (χ2n) is 5.39. The van der Waals surface area contributed by atoms with Crippen molar-refractivity contribution in [3.8, 4) is 11.1 Å². The number of fused-ring (bicyclic) bond motifs is 1. The van der Waals surface area contributed by atoms with E-state index in [0.717, 1.165) is 16.5 Å². The molecule has 0 aliphatic rings. The summed E-state index contributed by atoms with van der Waals surface area (Å²) < 4.78 is 0. The Kier molecular flexibility index (Phi) is 3.22. The lowest BCUT2D eigenvalue weighted by atomic mass is 10.00. The highest BCUT2D eigenvalue weighted by Gasteiger charge is 2.08. The lowest BCUT2D eigenvalue weighted by Gasteiger charge is -2.06. The Morgan fingerprint density at radius 2 is 1.76 bits per heavy atom. The standard InChI is InChI=1S/C17H17N3O/c1-10-6-11(2)8-14(7-10)13-4-5-15-16(9-13)19-20-17(15)18-12(3)21/h4-9H,1-3H3,(H2,18,19,20,21). The van der Waals surface area contributed by atoms with Crippen LogP contribution in [-0.2, 0) is 4.79 Å². The van der Waals surface area contributed by atoms with Crippen molar-refractivity contribution in [3.05, 3.63) is 47.5 Å². The van der Waals surface area contributed by atoms with Gasteiger partial charge in [-0.2, -0.15) is 5.10 Å². The second-order valence-corrected chi connectivity index (χ2v) is 5.39. The predicted molar refractivity (Wildman–Crippen MR) is 85.3 cm³/mol. The minimum atomic E-state index is -0.123. The molecule has 2 N–H and O–H groups in total. The molecule has 0 fully saturated rings. The number of H-pyrrole nitrogens is 1. The number of hydrogen-bond donors (Lipinski definition) is 2. The fraction of sp³-hybridized carbons (Fsp3) is 0.176. The maximum atomic E-state index is 11.2. The first-order valence-electron chi connectivity index (χ1n) is 6.87. The van der Waals surface area contributed by atoms with E-state index in [1.807, 2.05) is 6.07 Å². The van der Waals surface area contributed by atoms with E-state index in [4.69, 9.17) is 0 Å². The van der Waals surface area contributed by atoms with Crippen LogP contribution in [0.4, 0.5) is 5.82 Å². The van der Waals surface area contributed by atoms with E-state index in [0.29, 0.717) is 5.82 Å². The van der Waals surface area contributed by atoms with Crippen LogP contribution in [-0.4, -0.2) is 16.1 Å². The van der Waals surface area contributed by atoms with E-state index < -0.39 is 0 Å². The van der Waals surface area contributed by atoms with Crippen LogP contribution in [0, 0.1) is 13.8 Å². The van der Waals surface area contributed by atoms with Gasteiger partial charge in [0, 0.05) is 12.3 Å². The molecule has 2 aromatic carbocycles. The molecule has 1 heterocycles. The zero-order chi connectivity index (χ0) is 15.0. The fourth-order valence-electron chi connectivity index (χ4n) is 2.60. The van der Waals surface area contributed by atoms with Crippen LogP contribution in [0.5, 0.6) is 0 Å². The van der Waals surface area contributed by atoms with Crippen LogP contribution in [0.15, 0.2) is 36.4 Å². The van der Waals surface area contributed by atoms with Gasteiger partial charge in [-0.1, -0.05) is 35.4 Å². The molecule has 0 unspecified atom stereocenters. The Balaban J connectivity index is 2.07. The number of aromatic amines is 1. The number of hydrogen-bond acceptors (Lipinski definition) is 2. The summed E-state index contributed by atoms with van der Waals surface area (Å²) in [5.74, 6) is 0.450. The number of benzene rings is 2. The van der Waals surface area contributed by atoms with Gasteiger partial charge in [-0.3, -0.25) is 9.89 Å². The molecule has 0 aliphatic carbocycles. The molecule has 21 heavy (non-hydrogen) atoms. The van der Waals surface area contributed by atoms with E-state index in [-0.39, 0.29) is 5.91 Å². The highest BCUT2D eigenvalue weighted by atomic mass is 16.1. The molecule has 0 atom stereocenters. The van der Waals surface area contributed by atoms with Crippen molar-refractivity contribution >= 4 is 22.6 Å². The molecule has 4 nitrogen and oxygen atoms in total. The molecule has 1 amide bonds. The Hall–Kier alpha value is -2.62. The van der Waals surface area contributed by atoms with Crippen LogP contribution in [0.25, 0.3) is 22.0 Å². The summed E-state index contributed by atoms with van der Waals surface area (Å²) in [4.78, 5) is 11.2. The third-order valence-electron chi connectivity index (χ3n) is 3.41. The van der Waals surface area contributed by atoms with Crippen molar-refractivity contribution in [2.24, 2.45) is 0 Å². The first-order chi connectivity index (χ1) is 10.0. The van der Waals surface area contributed by atoms with Gasteiger partial charge in [-0.15, -0.1) is 0 Å². The predicted octanol–water partition coefficient (Wildman–Crippen LogP) is 3.81. The molecule has 0 saturated carbocycles. The molecule has 106 valence electrons. The van der Waals surface area contributed by atoms with Gasteiger partial charge in [0.25, 0.3) is 0 Å². The SMILES string of the molecule is CC(=O)Nc1n[nH]c2cc(-c3cc(C)cc(C)c3)ccc12. The molecule has 3 rings (SSSR count). The third-order valence-corrected chi connectivity index (χ3v) is 3.41. The van der Waals surface area contributed by atoms with Crippen molar-refractivity contribution in [1.82, 2.24) is 10.2 Å². The third kappa shape index (κ3) is 2.65. The minimum absolute atomic E-state index is 0.123. The van der Waals surface area contributed by atoms with Gasteiger partial charge in [-0.05, 0) is 37.1 Å². The number of anilines is 1. The maximum Gasteiger partial charge on any atom is 0.222 e. The smallest absolute Gasteiger partial charge is 0.222 e. The van der Waals surface area contributed by atoms with Gasteiger partial charge in [-0.25, -0.2) is 0 Å². The van der Waals surface area contributed by atoms with Crippen LogP contribution in [0.2, 0.25) is 0 Å². The average Bonchev–Trinajstić information content (AvgIpc) is 2.79. The normalized spacial score (nSPS) is 10.8. The summed E-state index contributed by atoms with van der Waals surface area (Å²) in [5, 5.41) is 10.8. The molecule has 4 heteroatoms. The summed E-state index contributed by atoms with van der Waals surface area (Å²) in [7, 11) is 0. The number of carbonyl (C=O) groups excluding carboxylic acids is 1. The first-order valence-corrected chi connectivity index (χ1v) is 6.87. The number of amides is 1. The largest absolute Gasteiger partial charge is 0.309 e. The number of aryl methyl sites for hydroxylation is 2. The number of nitrogens with one attached hydrogen (secondary N) is 2. The Morgan fingerprint density at radius 3 is 2.43 bits per heavy atom. The summed E-state index contributed by atoms with van der Waals surface area (Å²) in [6.07, 6.45) is 0. The minimum Gasteiger partial charge on any atom is -0.309 e. The van der Waals surface area contributed by atoms with Gasteiger partial charge in [0.2, 0.25) is 5.91 Å². The highest BCUT2D eigenvalue weighted by molar-refractivity contribution is 5.99. The number of carbonyl (C=O) groups is 1. The van der Waals surface area contributed by atoms with Crippen LogP contribution in [0.1, 0.15) is 18.1 Å². The molecule has 0 saturated heterocycles. The molecule has 0 aliphatic heterocycles. The monoisotopic (exact) mass is 279 g/mol. The number of aromatic nitrogens is 2. The number of nitrogens with zero attached hydrogens (tertiary/aromatic N) is 1. The van der Waals surface area contributed by atoms with E-state index in [1.54, 1.807) is 0 Å². The molecular formula is C17H17N3O. The second kappa shape index (κ2) is 5.05. The highest BCUT2D eigenvalue weighted by Crippen LogP contribution is 2.28. The van der Waals surface area contributed by atoms with Gasteiger partial charge in [0.05, 0.1) is 5.52 Å². The Morgan fingerprint density at radius 1 is 1.05 bits per heavy atom. The zero-order valence-corrected chi connectivity index (χ0v) is 12.3. The van der Waals surface area contributed by atoms with Crippen LogP contribution >= 0.6 is 0 Å². The Bertz CT molecular complexity index is 813. The first kappa shape index (κ1) is 13.4. The summed E-state index contributed by atoms with van der Waals surface area (Å²) >= 11 is 0. The van der Waals surface area contributed by atoms with E-state index in [1.165, 1.54) is 23.6 Å². The topological polar surface area (TPSA) is 57.8 Å². The maximum absolute atomic E-state index is 11.2. The van der Waals surface area contributed by atoms with E-state index >= 15 is 0 Å². The van der Waals surface area contributed by atoms with Crippen molar-refractivity contribution in [3.63, 3.8) is 0 Å². The van der Waals surface area contributed by atoms with Gasteiger partial charge >= 0.3 is 0 Å². The van der Waals surface area contributed by atoms with Crippen molar-refractivity contribution in [2.75, 3.05) is 5.32 Å². The average molecular weight is 279 g/mol. The van der Waals surface area contributed by atoms with Gasteiger partial charge in [0.15, 0.2) is 5.82 Å². The molecular weight excluding hydrogens is 262 g/mol.